The lowest BCUT2D eigenvalue weighted by molar-refractivity contribution is 0.0683. The van der Waals surface area contributed by atoms with E-state index in [0.717, 1.165) is 12.8 Å². The molecule has 2 N–H and O–H groups in total. The summed E-state index contributed by atoms with van der Waals surface area (Å²) in [4.78, 5) is 0. The van der Waals surface area contributed by atoms with E-state index in [4.69, 9.17) is 0 Å². The Balaban J connectivity index is 1.84. The van der Waals surface area contributed by atoms with E-state index in [2.05, 4.69) is 19.2 Å². The number of aliphatic hydroxyl groups excluding tert-OH is 1. The van der Waals surface area contributed by atoms with E-state index in [1.54, 1.807) is 0 Å². The minimum Gasteiger partial charge on any atom is -0.392 e. The van der Waals surface area contributed by atoms with Gasteiger partial charge in [-0.2, -0.15) is 0 Å². The number of rotatable bonds is 2. The maximum Gasteiger partial charge on any atom is 0.0693 e. The molecule has 0 aromatic rings. The van der Waals surface area contributed by atoms with Gasteiger partial charge in [-0.05, 0) is 37.5 Å². The fraction of sp³-hybridized carbons (Fsp3) is 1.00. The molecule has 13 heavy (non-hydrogen) atoms. The van der Waals surface area contributed by atoms with Crippen molar-refractivity contribution >= 4 is 0 Å². The average molecular weight is 183 g/mol. The topological polar surface area (TPSA) is 32.3 Å². The Labute approximate surface area is 80.7 Å². The van der Waals surface area contributed by atoms with Crippen LogP contribution in [0.3, 0.4) is 0 Å². The van der Waals surface area contributed by atoms with Crippen molar-refractivity contribution < 1.29 is 5.11 Å². The van der Waals surface area contributed by atoms with Crippen molar-refractivity contribution in [1.82, 2.24) is 5.32 Å². The third-order valence-corrected chi connectivity index (χ3v) is 3.92. The molecule has 0 saturated heterocycles. The molecular formula is C11H21NO. The monoisotopic (exact) mass is 183 g/mol. The molecule has 0 bridgehead atoms. The zero-order chi connectivity index (χ0) is 9.47. The number of hydrogen-bond acceptors (Lipinski definition) is 2. The van der Waals surface area contributed by atoms with Crippen LogP contribution >= 0.6 is 0 Å². The summed E-state index contributed by atoms with van der Waals surface area (Å²) in [6, 6.07) is 1.02. The summed E-state index contributed by atoms with van der Waals surface area (Å²) < 4.78 is 0. The first kappa shape index (κ1) is 9.47. The second kappa shape index (κ2) is 3.25. The zero-order valence-electron chi connectivity index (χ0n) is 8.71. The van der Waals surface area contributed by atoms with Gasteiger partial charge in [0.25, 0.3) is 0 Å². The van der Waals surface area contributed by atoms with Gasteiger partial charge in [0.15, 0.2) is 0 Å². The lowest BCUT2D eigenvalue weighted by Crippen LogP contribution is -2.55. The van der Waals surface area contributed by atoms with Crippen molar-refractivity contribution in [2.24, 2.45) is 5.41 Å². The molecule has 76 valence electrons. The van der Waals surface area contributed by atoms with Crippen LogP contribution in [0.25, 0.3) is 0 Å². The Kier molecular flexibility index (Phi) is 2.37. The predicted molar refractivity (Wildman–Crippen MR) is 53.6 cm³/mol. The molecule has 0 aromatic carbocycles. The third kappa shape index (κ3) is 1.75. The molecule has 2 aliphatic carbocycles. The summed E-state index contributed by atoms with van der Waals surface area (Å²) in [6.45, 7) is 4.63. The van der Waals surface area contributed by atoms with Gasteiger partial charge >= 0.3 is 0 Å². The van der Waals surface area contributed by atoms with Crippen molar-refractivity contribution in [1.29, 1.82) is 0 Å². The Morgan fingerprint density at radius 3 is 2.38 bits per heavy atom. The number of nitrogens with one attached hydrogen (secondary N) is 1. The summed E-state index contributed by atoms with van der Waals surface area (Å²) in [5.41, 5.74) is 0.461. The van der Waals surface area contributed by atoms with E-state index in [0.29, 0.717) is 17.5 Å². The quantitative estimate of drug-likeness (QED) is 0.682. The SMILES string of the molecule is CC1(C)CCC1N[C@H]1CCC[C@@H]1O. The maximum atomic E-state index is 9.67. The first-order chi connectivity index (χ1) is 6.09. The Bertz CT molecular complexity index is 191. The van der Waals surface area contributed by atoms with E-state index >= 15 is 0 Å². The molecule has 0 aromatic heterocycles. The minimum atomic E-state index is -0.0867. The van der Waals surface area contributed by atoms with E-state index < -0.39 is 0 Å². The van der Waals surface area contributed by atoms with Crippen molar-refractivity contribution in [2.75, 3.05) is 0 Å². The lowest BCUT2D eigenvalue weighted by Gasteiger charge is -2.46. The van der Waals surface area contributed by atoms with Crippen molar-refractivity contribution in [3.8, 4) is 0 Å². The first-order valence-corrected chi connectivity index (χ1v) is 5.54. The van der Waals surface area contributed by atoms with Gasteiger partial charge in [0.1, 0.15) is 0 Å². The molecule has 2 heteroatoms. The van der Waals surface area contributed by atoms with Crippen LogP contribution in [-0.4, -0.2) is 23.3 Å². The second-order valence-corrected chi connectivity index (χ2v) is 5.35. The maximum absolute atomic E-state index is 9.67. The van der Waals surface area contributed by atoms with Crippen LogP contribution in [0.2, 0.25) is 0 Å². The largest absolute Gasteiger partial charge is 0.392 e. The van der Waals surface area contributed by atoms with Gasteiger partial charge in [-0.25, -0.2) is 0 Å². The molecule has 0 spiro atoms. The number of hydrogen-bond donors (Lipinski definition) is 2. The molecule has 3 atom stereocenters. The Morgan fingerprint density at radius 2 is 2.00 bits per heavy atom. The summed E-state index contributed by atoms with van der Waals surface area (Å²) in [5.74, 6) is 0. The van der Waals surface area contributed by atoms with Crippen LogP contribution in [0.15, 0.2) is 0 Å². The molecule has 0 heterocycles. The van der Waals surface area contributed by atoms with Crippen LogP contribution in [0.5, 0.6) is 0 Å². The molecule has 2 saturated carbocycles. The summed E-state index contributed by atoms with van der Waals surface area (Å²) >= 11 is 0. The molecule has 0 radical (unpaired) electrons. The van der Waals surface area contributed by atoms with E-state index in [-0.39, 0.29) is 6.10 Å². The first-order valence-electron chi connectivity index (χ1n) is 5.54. The fourth-order valence-corrected chi connectivity index (χ4v) is 2.57. The normalized spacial score (nSPS) is 43.2. The molecule has 2 fully saturated rings. The van der Waals surface area contributed by atoms with Crippen LogP contribution in [0.4, 0.5) is 0 Å². The van der Waals surface area contributed by atoms with E-state index in [1.807, 2.05) is 0 Å². The molecule has 2 rings (SSSR count). The Morgan fingerprint density at radius 1 is 1.23 bits per heavy atom. The lowest BCUT2D eigenvalue weighted by atomic mass is 9.67. The van der Waals surface area contributed by atoms with Gasteiger partial charge in [-0.1, -0.05) is 13.8 Å². The third-order valence-electron chi connectivity index (χ3n) is 3.92. The zero-order valence-corrected chi connectivity index (χ0v) is 8.71. The van der Waals surface area contributed by atoms with Crippen LogP contribution in [-0.2, 0) is 0 Å². The van der Waals surface area contributed by atoms with Crippen LogP contribution in [0, 0.1) is 5.41 Å². The van der Waals surface area contributed by atoms with Crippen LogP contribution in [0.1, 0.15) is 46.0 Å². The molecule has 0 amide bonds. The van der Waals surface area contributed by atoms with Gasteiger partial charge in [-0.15, -0.1) is 0 Å². The van der Waals surface area contributed by atoms with Crippen LogP contribution < -0.4 is 5.32 Å². The fourth-order valence-electron chi connectivity index (χ4n) is 2.57. The highest BCUT2D eigenvalue weighted by molar-refractivity contribution is 4.97. The Hall–Kier alpha value is -0.0800. The van der Waals surface area contributed by atoms with Gasteiger partial charge in [-0.3, -0.25) is 0 Å². The highest BCUT2D eigenvalue weighted by Gasteiger charge is 2.40. The predicted octanol–water partition coefficient (Wildman–Crippen LogP) is 1.68. The van der Waals surface area contributed by atoms with Gasteiger partial charge in [0.05, 0.1) is 6.10 Å². The van der Waals surface area contributed by atoms with Crippen molar-refractivity contribution in [3.05, 3.63) is 0 Å². The van der Waals surface area contributed by atoms with Crippen molar-refractivity contribution in [2.45, 2.75) is 64.1 Å². The summed E-state index contributed by atoms with van der Waals surface area (Å²) in [5, 5.41) is 13.3. The smallest absolute Gasteiger partial charge is 0.0693 e. The summed E-state index contributed by atoms with van der Waals surface area (Å²) in [7, 11) is 0. The summed E-state index contributed by atoms with van der Waals surface area (Å²) in [6.07, 6.45) is 5.87. The van der Waals surface area contributed by atoms with E-state index in [9.17, 15) is 5.11 Å². The number of aliphatic hydroxyl groups is 1. The molecular weight excluding hydrogens is 162 g/mol. The highest BCUT2D eigenvalue weighted by atomic mass is 16.3. The molecule has 2 nitrogen and oxygen atoms in total. The second-order valence-electron chi connectivity index (χ2n) is 5.35. The standard InChI is InChI=1S/C11H21NO/c1-11(2)7-6-10(11)12-8-4-3-5-9(8)13/h8-10,12-13H,3-7H2,1-2H3/t8-,9-,10?/m0/s1. The van der Waals surface area contributed by atoms with Gasteiger partial charge in [0.2, 0.25) is 0 Å². The molecule has 2 aliphatic rings. The van der Waals surface area contributed by atoms with Crippen molar-refractivity contribution in [3.63, 3.8) is 0 Å². The van der Waals surface area contributed by atoms with Gasteiger partial charge in [0, 0.05) is 12.1 Å². The average Bonchev–Trinajstić information content (AvgIpc) is 2.45. The minimum absolute atomic E-state index is 0.0867. The molecule has 1 unspecified atom stereocenters. The highest BCUT2D eigenvalue weighted by Crippen LogP contribution is 2.40. The van der Waals surface area contributed by atoms with Gasteiger partial charge < -0.3 is 10.4 Å². The van der Waals surface area contributed by atoms with E-state index in [1.165, 1.54) is 19.3 Å². The molecule has 0 aliphatic heterocycles.